The van der Waals surface area contributed by atoms with E-state index in [-0.39, 0.29) is 11.8 Å². The zero-order chi connectivity index (χ0) is 23.7. The molecule has 8 heteroatoms. The maximum Gasteiger partial charge on any atom is 0.174 e. The van der Waals surface area contributed by atoms with Gasteiger partial charge in [0, 0.05) is 16.8 Å². The van der Waals surface area contributed by atoms with Crippen LogP contribution in [0.3, 0.4) is 0 Å². The number of halogens is 1. The fourth-order valence-corrected chi connectivity index (χ4v) is 4.65. The number of aromatic nitrogens is 1. The molecular formula is C26H22ClN3O3S. The Labute approximate surface area is 207 Å². The summed E-state index contributed by atoms with van der Waals surface area (Å²) in [5.74, 6) is 2.26. The van der Waals surface area contributed by atoms with Gasteiger partial charge in [-0.2, -0.15) is 0 Å². The topological polar surface area (TPSA) is 70.8 Å². The summed E-state index contributed by atoms with van der Waals surface area (Å²) in [6.07, 6.45) is 1.74. The summed E-state index contributed by atoms with van der Waals surface area (Å²) in [7, 11) is 0. The van der Waals surface area contributed by atoms with Crippen molar-refractivity contribution in [1.29, 1.82) is 0 Å². The Kier molecular flexibility index (Phi) is 6.13. The molecule has 4 aromatic rings. The highest BCUT2D eigenvalue weighted by Crippen LogP contribution is 2.45. The number of thiocarbonyl (C=S) groups is 1. The molecule has 2 atom stereocenters. The van der Waals surface area contributed by atoms with E-state index in [0.29, 0.717) is 33.9 Å². The van der Waals surface area contributed by atoms with E-state index in [1.54, 1.807) is 24.4 Å². The van der Waals surface area contributed by atoms with Crippen LogP contribution in [0.5, 0.6) is 11.5 Å². The summed E-state index contributed by atoms with van der Waals surface area (Å²) in [6, 6.07) is 21.5. The number of pyridine rings is 1. The van der Waals surface area contributed by atoms with E-state index in [2.05, 4.69) is 10.3 Å². The van der Waals surface area contributed by atoms with Gasteiger partial charge >= 0.3 is 0 Å². The van der Waals surface area contributed by atoms with Gasteiger partial charge in [0.15, 0.2) is 5.11 Å². The Morgan fingerprint density at radius 3 is 2.68 bits per heavy atom. The number of hydrogen-bond acceptors (Lipinski definition) is 5. The van der Waals surface area contributed by atoms with Gasteiger partial charge in [0.2, 0.25) is 0 Å². The number of ether oxygens (including phenoxy) is 1. The van der Waals surface area contributed by atoms with Crippen molar-refractivity contribution in [3.05, 3.63) is 95.5 Å². The lowest BCUT2D eigenvalue weighted by Gasteiger charge is -2.26. The van der Waals surface area contributed by atoms with Gasteiger partial charge in [-0.05, 0) is 85.9 Å². The van der Waals surface area contributed by atoms with Crippen molar-refractivity contribution >= 4 is 34.6 Å². The first-order valence-corrected chi connectivity index (χ1v) is 11.7. The van der Waals surface area contributed by atoms with Gasteiger partial charge in [0.1, 0.15) is 29.1 Å². The molecule has 0 amide bonds. The summed E-state index contributed by atoms with van der Waals surface area (Å²) in [5, 5.41) is 14.9. The van der Waals surface area contributed by atoms with Crippen molar-refractivity contribution in [1.82, 2.24) is 10.3 Å². The molecule has 2 aromatic carbocycles. The highest BCUT2D eigenvalue weighted by atomic mass is 35.5. The normalized spacial score (nSPS) is 17.6. The molecule has 1 saturated heterocycles. The van der Waals surface area contributed by atoms with Gasteiger partial charge in [-0.25, -0.2) is 0 Å². The van der Waals surface area contributed by atoms with E-state index in [0.717, 1.165) is 17.0 Å². The Morgan fingerprint density at radius 1 is 1.12 bits per heavy atom. The fourth-order valence-electron chi connectivity index (χ4n) is 4.14. The summed E-state index contributed by atoms with van der Waals surface area (Å²) in [6.45, 7) is 2.56. The SMILES string of the molecule is CCOc1ccc(-c2ccc([C@@H]3[C@H](c4ccccn4)NC(=S)N3c3cc(Cl)ccc3O)o2)cc1. The van der Waals surface area contributed by atoms with Gasteiger partial charge in [-0.1, -0.05) is 17.7 Å². The van der Waals surface area contributed by atoms with E-state index in [9.17, 15) is 5.11 Å². The molecular weight excluding hydrogens is 470 g/mol. The number of nitrogens with one attached hydrogen (secondary N) is 1. The summed E-state index contributed by atoms with van der Waals surface area (Å²) < 4.78 is 11.9. The minimum absolute atomic E-state index is 0.0681. The number of aromatic hydroxyl groups is 1. The van der Waals surface area contributed by atoms with Crippen molar-refractivity contribution in [2.75, 3.05) is 11.5 Å². The number of benzene rings is 2. The number of rotatable bonds is 6. The third-order valence-corrected chi connectivity index (χ3v) is 6.21. The predicted molar refractivity (Wildman–Crippen MR) is 136 cm³/mol. The van der Waals surface area contributed by atoms with Crippen molar-refractivity contribution < 1.29 is 14.3 Å². The molecule has 0 radical (unpaired) electrons. The maximum absolute atomic E-state index is 10.6. The van der Waals surface area contributed by atoms with Crippen LogP contribution in [0.25, 0.3) is 11.3 Å². The summed E-state index contributed by atoms with van der Waals surface area (Å²) >= 11 is 12.0. The number of phenolic OH excluding ortho intramolecular Hbond substituents is 1. The lowest BCUT2D eigenvalue weighted by Crippen LogP contribution is -2.29. The van der Waals surface area contributed by atoms with Crippen LogP contribution in [-0.2, 0) is 0 Å². The average molecular weight is 492 g/mol. The zero-order valence-electron chi connectivity index (χ0n) is 18.3. The molecule has 3 heterocycles. The van der Waals surface area contributed by atoms with E-state index in [1.807, 2.05) is 66.4 Å². The van der Waals surface area contributed by atoms with Crippen LogP contribution in [0, 0.1) is 0 Å². The van der Waals surface area contributed by atoms with Gasteiger partial charge < -0.3 is 24.5 Å². The molecule has 0 unspecified atom stereocenters. The molecule has 1 fully saturated rings. The highest BCUT2D eigenvalue weighted by Gasteiger charge is 2.43. The Hall–Kier alpha value is -3.55. The molecule has 34 heavy (non-hydrogen) atoms. The monoisotopic (exact) mass is 491 g/mol. The quantitative estimate of drug-likeness (QED) is 0.308. The Morgan fingerprint density at radius 2 is 1.94 bits per heavy atom. The molecule has 2 N–H and O–H groups in total. The molecule has 5 rings (SSSR count). The van der Waals surface area contributed by atoms with E-state index in [1.165, 1.54) is 0 Å². The Balaban J connectivity index is 1.57. The smallest absolute Gasteiger partial charge is 0.174 e. The highest BCUT2D eigenvalue weighted by molar-refractivity contribution is 7.80. The summed E-state index contributed by atoms with van der Waals surface area (Å²) in [4.78, 5) is 6.37. The first kappa shape index (κ1) is 22.3. The molecule has 172 valence electrons. The maximum atomic E-state index is 10.6. The van der Waals surface area contributed by atoms with Gasteiger partial charge in [0.25, 0.3) is 0 Å². The van der Waals surface area contributed by atoms with Gasteiger partial charge in [-0.15, -0.1) is 0 Å². The number of nitrogens with zero attached hydrogens (tertiary/aromatic N) is 2. The molecule has 1 aliphatic rings. The molecule has 2 aromatic heterocycles. The van der Waals surface area contributed by atoms with E-state index in [4.69, 9.17) is 33.0 Å². The molecule has 0 saturated carbocycles. The number of phenols is 1. The first-order valence-electron chi connectivity index (χ1n) is 10.9. The lowest BCUT2D eigenvalue weighted by atomic mass is 10.0. The van der Waals surface area contributed by atoms with Crippen LogP contribution < -0.4 is 15.0 Å². The van der Waals surface area contributed by atoms with Crippen LogP contribution in [-0.4, -0.2) is 21.8 Å². The molecule has 0 spiro atoms. The van der Waals surface area contributed by atoms with Gasteiger partial charge in [-0.3, -0.25) is 4.98 Å². The molecule has 0 bridgehead atoms. The van der Waals surface area contributed by atoms with E-state index < -0.39 is 6.04 Å². The van der Waals surface area contributed by atoms with Crippen LogP contribution in [0.15, 0.2) is 83.4 Å². The zero-order valence-corrected chi connectivity index (χ0v) is 19.9. The summed E-state index contributed by atoms with van der Waals surface area (Å²) in [5.41, 5.74) is 2.22. The predicted octanol–water partition coefficient (Wildman–Crippen LogP) is 6.28. The third-order valence-electron chi connectivity index (χ3n) is 5.66. The lowest BCUT2D eigenvalue weighted by molar-refractivity contribution is 0.340. The van der Waals surface area contributed by atoms with Crippen molar-refractivity contribution in [2.45, 2.75) is 19.0 Å². The average Bonchev–Trinajstić information content (AvgIpc) is 3.46. The van der Waals surface area contributed by atoms with Gasteiger partial charge in [0.05, 0.1) is 24.0 Å². The van der Waals surface area contributed by atoms with Crippen LogP contribution in [0.4, 0.5) is 5.69 Å². The standard InChI is InChI=1S/C26H22ClN3O3S/c1-2-32-18-9-6-16(7-10-18)22-12-13-23(33-22)25-24(19-5-3-4-14-28-19)29-26(34)30(25)20-15-17(27)8-11-21(20)31/h3-15,24-25,31H,2H2,1H3,(H,29,34)/t24-,25+/m0/s1. The van der Waals surface area contributed by atoms with Crippen molar-refractivity contribution in [3.63, 3.8) is 0 Å². The molecule has 0 aliphatic carbocycles. The van der Waals surface area contributed by atoms with Crippen LogP contribution >= 0.6 is 23.8 Å². The van der Waals surface area contributed by atoms with Crippen LogP contribution in [0.1, 0.15) is 30.5 Å². The minimum atomic E-state index is -0.400. The molecule has 1 aliphatic heterocycles. The number of anilines is 1. The Bertz CT molecular complexity index is 1310. The number of furan rings is 1. The van der Waals surface area contributed by atoms with Crippen LogP contribution in [0.2, 0.25) is 5.02 Å². The van der Waals surface area contributed by atoms with Crippen molar-refractivity contribution in [3.8, 4) is 22.8 Å². The largest absolute Gasteiger partial charge is 0.506 e. The molecule has 6 nitrogen and oxygen atoms in total. The number of hydrogen-bond donors (Lipinski definition) is 2. The second-order valence-corrected chi connectivity index (χ2v) is 8.61. The second kappa shape index (κ2) is 9.37. The fraction of sp³-hybridized carbons (Fsp3) is 0.154. The van der Waals surface area contributed by atoms with Crippen molar-refractivity contribution in [2.24, 2.45) is 0 Å². The first-order chi connectivity index (χ1) is 16.5. The second-order valence-electron chi connectivity index (χ2n) is 7.79. The third kappa shape index (κ3) is 4.20. The van der Waals surface area contributed by atoms with E-state index >= 15 is 0 Å². The minimum Gasteiger partial charge on any atom is -0.506 e.